The molecule has 0 amide bonds. The number of pyridine rings is 1. The number of halogens is 2. The molecule has 0 aliphatic rings. The molecule has 2 aromatic heterocycles. The number of imidazole rings is 1. The van der Waals surface area contributed by atoms with Crippen LogP contribution < -0.4 is 0 Å². The van der Waals surface area contributed by atoms with Crippen molar-refractivity contribution in [1.82, 2.24) is 9.38 Å². The lowest BCUT2D eigenvalue weighted by Gasteiger charge is -1.95. The van der Waals surface area contributed by atoms with Crippen LogP contribution in [0.2, 0.25) is 0 Å². The third kappa shape index (κ3) is 0.948. The van der Waals surface area contributed by atoms with E-state index in [0.29, 0.717) is 10.3 Å². The number of aromatic nitrogens is 2. The summed E-state index contributed by atoms with van der Waals surface area (Å²) in [6, 6.07) is 4.81. The van der Waals surface area contributed by atoms with Gasteiger partial charge in [0, 0.05) is 0 Å². The summed E-state index contributed by atoms with van der Waals surface area (Å²) in [6.07, 6.45) is 0. The van der Waals surface area contributed by atoms with Crippen molar-refractivity contribution >= 4 is 21.6 Å². The average Bonchev–Trinajstić information content (AvgIpc) is 2.29. The van der Waals surface area contributed by atoms with E-state index >= 15 is 0 Å². The molecule has 2 aromatic rings. The minimum atomic E-state index is -0.306. The van der Waals surface area contributed by atoms with E-state index in [9.17, 15) is 4.39 Å². The van der Waals surface area contributed by atoms with Crippen LogP contribution >= 0.6 is 15.9 Å². The standard InChI is InChI=1S/C8H6BrFN2/c1-5-8(9)12-6(10)3-2-4-7(12)11-5/h2-4H,1H3. The second-order valence-electron chi connectivity index (χ2n) is 2.53. The average molecular weight is 229 g/mol. The molecular formula is C8H6BrFN2. The van der Waals surface area contributed by atoms with Gasteiger partial charge in [-0.25, -0.2) is 4.98 Å². The van der Waals surface area contributed by atoms with Gasteiger partial charge in [0.15, 0.2) is 5.95 Å². The second-order valence-corrected chi connectivity index (χ2v) is 3.28. The van der Waals surface area contributed by atoms with Gasteiger partial charge in [-0.3, -0.25) is 4.40 Å². The molecular weight excluding hydrogens is 223 g/mol. The maximum absolute atomic E-state index is 13.2. The van der Waals surface area contributed by atoms with Crippen LogP contribution in [0.25, 0.3) is 5.65 Å². The highest BCUT2D eigenvalue weighted by atomic mass is 79.9. The molecule has 2 nitrogen and oxygen atoms in total. The lowest BCUT2D eigenvalue weighted by Crippen LogP contribution is -1.90. The Bertz CT molecular complexity index is 436. The second kappa shape index (κ2) is 2.55. The van der Waals surface area contributed by atoms with E-state index in [1.54, 1.807) is 12.1 Å². The number of aryl methyl sites for hydroxylation is 1. The summed E-state index contributed by atoms with van der Waals surface area (Å²) in [5.41, 5.74) is 1.42. The molecule has 0 N–H and O–H groups in total. The van der Waals surface area contributed by atoms with Crippen molar-refractivity contribution in [1.29, 1.82) is 0 Å². The van der Waals surface area contributed by atoms with Crippen LogP contribution in [0.15, 0.2) is 22.8 Å². The molecule has 0 bridgehead atoms. The molecule has 0 radical (unpaired) electrons. The fourth-order valence-electron chi connectivity index (χ4n) is 1.13. The summed E-state index contributed by atoms with van der Waals surface area (Å²) in [5.74, 6) is -0.306. The Labute approximate surface area is 77.2 Å². The predicted molar refractivity (Wildman–Crippen MR) is 47.6 cm³/mol. The molecule has 62 valence electrons. The van der Waals surface area contributed by atoms with Crippen LogP contribution in [0.4, 0.5) is 4.39 Å². The molecule has 0 atom stereocenters. The van der Waals surface area contributed by atoms with Crippen LogP contribution in [0, 0.1) is 12.9 Å². The maximum Gasteiger partial charge on any atom is 0.200 e. The van der Waals surface area contributed by atoms with E-state index in [0.717, 1.165) is 5.69 Å². The third-order valence-electron chi connectivity index (χ3n) is 1.70. The number of hydrogen-bond donors (Lipinski definition) is 0. The molecule has 0 spiro atoms. The quantitative estimate of drug-likeness (QED) is 0.634. The first-order chi connectivity index (χ1) is 5.70. The first kappa shape index (κ1) is 7.73. The van der Waals surface area contributed by atoms with E-state index < -0.39 is 0 Å². The highest BCUT2D eigenvalue weighted by Crippen LogP contribution is 2.19. The Morgan fingerprint density at radius 2 is 2.25 bits per heavy atom. The molecule has 0 fully saturated rings. The van der Waals surface area contributed by atoms with Crippen molar-refractivity contribution in [3.05, 3.63) is 34.4 Å². The van der Waals surface area contributed by atoms with Gasteiger partial charge in [0.25, 0.3) is 0 Å². The Kier molecular flexibility index (Phi) is 1.65. The predicted octanol–water partition coefficient (Wildman–Crippen LogP) is 2.54. The van der Waals surface area contributed by atoms with Crippen molar-refractivity contribution < 1.29 is 4.39 Å². The topological polar surface area (TPSA) is 17.3 Å². The molecule has 0 saturated heterocycles. The largest absolute Gasteiger partial charge is 0.262 e. The van der Waals surface area contributed by atoms with Crippen LogP contribution in [0.5, 0.6) is 0 Å². The van der Waals surface area contributed by atoms with Gasteiger partial charge in [-0.2, -0.15) is 4.39 Å². The molecule has 0 aliphatic heterocycles. The van der Waals surface area contributed by atoms with Gasteiger partial charge < -0.3 is 0 Å². The number of rotatable bonds is 0. The lowest BCUT2D eigenvalue weighted by molar-refractivity contribution is 0.564. The van der Waals surface area contributed by atoms with Crippen molar-refractivity contribution in [2.45, 2.75) is 6.92 Å². The molecule has 2 heterocycles. The van der Waals surface area contributed by atoms with Crippen LogP contribution in [0.1, 0.15) is 5.69 Å². The third-order valence-corrected chi connectivity index (χ3v) is 2.63. The monoisotopic (exact) mass is 228 g/mol. The fourth-order valence-corrected chi connectivity index (χ4v) is 1.57. The summed E-state index contributed by atoms with van der Waals surface area (Å²) >= 11 is 3.26. The first-order valence-electron chi connectivity index (χ1n) is 3.49. The summed E-state index contributed by atoms with van der Waals surface area (Å²) < 4.78 is 15.3. The Morgan fingerprint density at radius 3 is 2.92 bits per heavy atom. The van der Waals surface area contributed by atoms with Crippen molar-refractivity contribution in [2.75, 3.05) is 0 Å². The summed E-state index contributed by atoms with van der Waals surface area (Å²) in [7, 11) is 0. The fraction of sp³-hybridized carbons (Fsp3) is 0.125. The van der Waals surface area contributed by atoms with E-state index in [-0.39, 0.29) is 5.95 Å². The van der Waals surface area contributed by atoms with E-state index in [4.69, 9.17) is 0 Å². The molecule has 4 heteroatoms. The zero-order valence-corrected chi connectivity index (χ0v) is 7.97. The van der Waals surface area contributed by atoms with Crippen LogP contribution in [-0.4, -0.2) is 9.38 Å². The van der Waals surface area contributed by atoms with Crippen LogP contribution in [-0.2, 0) is 0 Å². The number of nitrogens with zero attached hydrogens (tertiary/aromatic N) is 2. The zero-order valence-electron chi connectivity index (χ0n) is 6.38. The summed E-state index contributed by atoms with van der Waals surface area (Å²) in [6.45, 7) is 1.83. The zero-order chi connectivity index (χ0) is 8.72. The molecule has 0 unspecified atom stereocenters. The summed E-state index contributed by atoms with van der Waals surface area (Å²) in [5, 5.41) is 0. The van der Waals surface area contributed by atoms with Crippen molar-refractivity contribution in [3.63, 3.8) is 0 Å². The highest BCUT2D eigenvalue weighted by molar-refractivity contribution is 9.10. The van der Waals surface area contributed by atoms with Gasteiger partial charge >= 0.3 is 0 Å². The number of hydrogen-bond acceptors (Lipinski definition) is 1. The summed E-state index contributed by atoms with van der Waals surface area (Å²) in [4.78, 5) is 4.15. The van der Waals surface area contributed by atoms with E-state index in [1.165, 1.54) is 10.5 Å². The van der Waals surface area contributed by atoms with Gasteiger partial charge in [0.05, 0.1) is 5.69 Å². The number of fused-ring (bicyclic) bond motifs is 1. The molecule has 12 heavy (non-hydrogen) atoms. The molecule has 0 aromatic carbocycles. The van der Waals surface area contributed by atoms with Gasteiger partial charge in [-0.1, -0.05) is 6.07 Å². The molecule has 2 rings (SSSR count). The Balaban J connectivity index is 2.97. The normalized spacial score (nSPS) is 10.9. The first-order valence-corrected chi connectivity index (χ1v) is 4.28. The van der Waals surface area contributed by atoms with E-state index in [1.807, 2.05) is 6.92 Å². The molecule has 0 saturated carbocycles. The van der Waals surface area contributed by atoms with Crippen molar-refractivity contribution in [3.8, 4) is 0 Å². The van der Waals surface area contributed by atoms with Gasteiger partial charge in [-0.15, -0.1) is 0 Å². The van der Waals surface area contributed by atoms with Gasteiger partial charge in [0.1, 0.15) is 10.3 Å². The van der Waals surface area contributed by atoms with Gasteiger partial charge in [0.2, 0.25) is 0 Å². The Morgan fingerprint density at radius 1 is 1.50 bits per heavy atom. The van der Waals surface area contributed by atoms with Crippen molar-refractivity contribution in [2.24, 2.45) is 0 Å². The lowest BCUT2D eigenvalue weighted by atomic mass is 10.5. The minimum absolute atomic E-state index is 0.306. The van der Waals surface area contributed by atoms with E-state index in [2.05, 4.69) is 20.9 Å². The Hall–Kier alpha value is -0.900. The minimum Gasteiger partial charge on any atom is -0.262 e. The SMILES string of the molecule is Cc1nc2cccc(F)n2c1Br. The molecule has 0 aliphatic carbocycles. The van der Waals surface area contributed by atoms with Crippen LogP contribution in [0.3, 0.4) is 0 Å². The van der Waals surface area contributed by atoms with Gasteiger partial charge in [-0.05, 0) is 35.0 Å². The smallest absolute Gasteiger partial charge is 0.200 e. The highest BCUT2D eigenvalue weighted by Gasteiger charge is 2.07. The maximum atomic E-state index is 13.2.